The molecule has 4 rings (SSSR count). The quantitative estimate of drug-likeness (QED) is 0.277. The molecule has 0 radical (unpaired) electrons. The molecule has 0 amide bonds. The molecule has 4 fully saturated rings. The zero-order chi connectivity index (χ0) is 24.0. The number of rotatable bonds is 7. The van der Waals surface area contributed by atoms with E-state index in [2.05, 4.69) is 40.8 Å². The summed E-state index contributed by atoms with van der Waals surface area (Å²) >= 11 is 0. The lowest BCUT2D eigenvalue weighted by Gasteiger charge is -2.63. The zero-order valence-electron chi connectivity index (χ0n) is 22.8. The van der Waals surface area contributed by atoms with Crippen LogP contribution >= 0.6 is 0 Å². The summed E-state index contributed by atoms with van der Waals surface area (Å²) in [6.07, 6.45) is 14.6. The molecule has 4 aliphatic carbocycles. The van der Waals surface area contributed by atoms with Crippen LogP contribution in [0.3, 0.4) is 0 Å². The summed E-state index contributed by atoms with van der Waals surface area (Å²) in [4.78, 5) is 11.8. The third kappa shape index (κ3) is 4.61. The Bertz CT molecular complexity index is 707. The molecule has 0 heterocycles. The van der Waals surface area contributed by atoms with E-state index in [-0.39, 0.29) is 5.97 Å². The van der Waals surface area contributed by atoms with Gasteiger partial charge in [0.15, 0.2) is 8.32 Å². The summed E-state index contributed by atoms with van der Waals surface area (Å²) in [5, 5.41) is 0. The fourth-order valence-corrected chi connectivity index (χ4v) is 10.7. The fourth-order valence-electron chi connectivity index (χ4n) is 9.47. The van der Waals surface area contributed by atoms with Gasteiger partial charge in [0.05, 0.1) is 7.11 Å². The summed E-state index contributed by atoms with van der Waals surface area (Å²) in [5.74, 6) is 4.56. The average molecular weight is 477 g/mol. The Balaban J connectivity index is 1.61. The van der Waals surface area contributed by atoms with Crippen LogP contribution < -0.4 is 0 Å². The number of carbonyl (C=O) groups excluding carboxylic acids is 1. The lowest BCUT2D eigenvalue weighted by atomic mass is 9.44. The van der Waals surface area contributed by atoms with E-state index in [1.165, 1.54) is 70.9 Å². The first kappa shape index (κ1) is 25.7. The van der Waals surface area contributed by atoms with E-state index in [0.29, 0.717) is 29.3 Å². The predicted molar refractivity (Wildman–Crippen MR) is 138 cm³/mol. The molecule has 4 aliphatic rings. The molecule has 0 aromatic rings. The molecule has 0 saturated heterocycles. The van der Waals surface area contributed by atoms with Crippen molar-refractivity contribution in [1.29, 1.82) is 0 Å². The Labute approximate surface area is 205 Å². The van der Waals surface area contributed by atoms with Crippen LogP contribution in [0.25, 0.3) is 0 Å². The molecule has 4 heteroatoms. The number of carbonyl (C=O) groups is 1. The number of esters is 1. The molecular weight excluding hydrogens is 424 g/mol. The van der Waals surface area contributed by atoms with Gasteiger partial charge >= 0.3 is 5.97 Å². The maximum absolute atomic E-state index is 11.8. The zero-order valence-corrected chi connectivity index (χ0v) is 23.8. The molecule has 4 saturated carbocycles. The van der Waals surface area contributed by atoms with Crippen LogP contribution in [0.1, 0.15) is 98.3 Å². The predicted octanol–water partition coefficient (Wildman–Crippen LogP) is 7.84. The van der Waals surface area contributed by atoms with Gasteiger partial charge in [0, 0.05) is 12.5 Å². The maximum Gasteiger partial charge on any atom is 0.305 e. The van der Waals surface area contributed by atoms with Crippen molar-refractivity contribution >= 4 is 14.3 Å². The molecule has 0 N–H and O–H groups in total. The van der Waals surface area contributed by atoms with Gasteiger partial charge in [-0.2, -0.15) is 0 Å². The number of fused-ring (bicyclic) bond motifs is 5. The minimum Gasteiger partial charge on any atom is -0.469 e. The normalized spacial score (nSPS) is 43.8. The summed E-state index contributed by atoms with van der Waals surface area (Å²) in [6, 6.07) is 1.22. The minimum atomic E-state index is -1.61. The number of hydrogen-bond acceptors (Lipinski definition) is 3. The van der Waals surface area contributed by atoms with Crippen LogP contribution in [0.15, 0.2) is 0 Å². The van der Waals surface area contributed by atoms with Gasteiger partial charge in [0.25, 0.3) is 0 Å². The monoisotopic (exact) mass is 476 g/mol. The Morgan fingerprint density at radius 1 is 1.03 bits per heavy atom. The highest BCUT2D eigenvalue weighted by atomic mass is 28.4. The molecule has 0 spiro atoms. The SMILES string of the molecule is CC[Si](C)(C)O[C@H]1C[C@@H]2CCCC[C@]2(C)[C@H]2CC[C@]3(C)[C@@H]([C@H](C)CCC(=O)OC)CC[C@H]3[C@H]12. The van der Waals surface area contributed by atoms with E-state index in [0.717, 1.165) is 36.0 Å². The highest BCUT2D eigenvalue weighted by Gasteiger charge is 2.63. The van der Waals surface area contributed by atoms with Gasteiger partial charge in [-0.1, -0.05) is 40.5 Å². The third-order valence-corrected chi connectivity index (χ3v) is 14.3. The number of ether oxygens (including phenoxy) is 1. The summed E-state index contributed by atoms with van der Waals surface area (Å²) < 4.78 is 12.2. The highest BCUT2D eigenvalue weighted by molar-refractivity contribution is 6.71. The second-order valence-corrected chi connectivity index (χ2v) is 18.0. The van der Waals surface area contributed by atoms with Crippen molar-refractivity contribution < 1.29 is 14.0 Å². The van der Waals surface area contributed by atoms with Gasteiger partial charge in [0.2, 0.25) is 0 Å². The molecule has 0 aromatic heterocycles. The van der Waals surface area contributed by atoms with E-state index in [1.54, 1.807) is 0 Å². The Kier molecular flexibility index (Phi) is 7.48. The second kappa shape index (κ2) is 9.60. The van der Waals surface area contributed by atoms with Gasteiger partial charge in [-0.05, 0) is 117 Å². The second-order valence-electron chi connectivity index (χ2n) is 13.6. The van der Waals surface area contributed by atoms with Gasteiger partial charge in [-0.3, -0.25) is 4.79 Å². The van der Waals surface area contributed by atoms with Crippen molar-refractivity contribution in [2.75, 3.05) is 7.11 Å². The topological polar surface area (TPSA) is 35.5 Å². The smallest absolute Gasteiger partial charge is 0.305 e. The van der Waals surface area contributed by atoms with E-state index in [9.17, 15) is 4.79 Å². The maximum atomic E-state index is 11.8. The average Bonchev–Trinajstić information content (AvgIpc) is 3.14. The molecule has 3 nitrogen and oxygen atoms in total. The van der Waals surface area contributed by atoms with Crippen molar-refractivity contribution in [3.05, 3.63) is 0 Å². The van der Waals surface area contributed by atoms with Gasteiger partial charge < -0.3 is 9.16 Å². The van der Waals surface area contributed by atoms with Crippen LogP contribution in [0.2, 0.25) is 19.1 Å². The summed E-state index contributed by atoms with van der Waals surface area (Å²) in [7, 11) is -0.0914. The van der Waals surface area contributed by atoms with Gasteiger partial charge in [0.1, 0.15) is 0 Å². The van der Waals surface area contributed by atoms with Crippen molar-refractivity contribution in [3.8, 4) is 0 Å². The molecule has 190 valence electrons. The molecule has 33 heavy (non-hydrogen) atoms. The minimum absolute atomic E-state index is 0.0472. The standard InChI is InChI=1S/C29H52O3Si/c1-8-33(6,7)32-25-19-21-11-9-10-17-28(21,3)24-16-18-29(4)22(13-14-23(29)27(24)25)20(2)12-15-26(30)31-5/h20-25,27H,8-19H2,1-7H3/t20-,21+,22-,23+,24+,25+,27+,28+,29-/m1/s1. The molecule has 0 aliphatic heterocycles. The van der Waals surface area contributed by atoms with Gasteiger partial charge in [-0.25, -0.2) is 0 Å². The van der Waals surface area contributed by atoms with Crippen molar-refractivity contribution in [2.24, 2.45) is 46.3 Å². The van der Waals surface area contributed by atoms with Crippen LogP contribution in [0.5, 0.6) is 0 Å². The van der Waals surface area contributed by atoms with Crippen molar-refractivity contribution in [2.45, 2.75) is 124 Å². The largest absolute Gasteiger partial charge is 0.469 e. The molecule has 0 bridgehead atoms. The van der Waals surface area contributed by atoms with E-state index < -0.39 is 8.32 Å². The van der Waals surface area contributed by atoms with Crippen molar-refractivity contribution in [1.82, 2.24) is 0 Å². The molecule has 0 unspecified atom stereocenters. The van der Waals surface area contributed by atoms with Crippen LogP contribution in [-0.4, -0.2) is 27.5 Å². The Morgan fingerprint density at radius 2 is 1.76 bits per heavy atom. The Hall–Kier alpha value is -0.353. The lowest BCUT2D eigenvalue weighted by molar-refractivity contribution is -0.160. The number of hydrogen-bond donors (Lipinski definition) is 0. The first-order valence-corrected chi connectivity index (χ1v) is 17.4. The molecule has 9 atom stereocenters. The highest BCUT2D eigenvalue weighted by Crippen LogP contribution is 2.69. The summed E-state index contributed by atoms with van der Waals surface area (Å²) in [6.45, 7) is 15.0. The Morgan fingerprint density at radius 3 is 2.45 bits per heavy atom. The van der Waals surface area contributed by atoms with Crippen LogP contribution in [-0.2, 0) is 14.0 Å². The van der Waals surface area contributed by atoms with Crippen molar-refractivity contribution in [3.63, 3.8) is 0 Å². The van der Waals surface area contributed by atoms with E-state index in [4.69, 9.17) is 9.16 Å². The number of methoxy groups -OCH3 is 1. The lowest BCUT2D eigenvalue weighted by Crippen LogP contribution is -2.59. The summed E-state index contributed by atoms with van der Waals surface area (Å²) in [5.41, 5.74) is 0.949. The first-order chi connectivity index (χ1) is 15.6. The van der Waals surface area contributed by atoms with E-state index in [1.807, 2.05) is 0 Å². The van der Waals surface area contributed by atoms with Crippen LogP contribution in [0.4, 0.5) is 0 Å². The van der Waals surface area contributed by atoms with Crippen LogP contribution in [0, 0.1) is 46.3 Å². The van der Waals surface area contributed by atoms with Gasteiger partial charge in [-0.15, -0.1) is 0 Å². The first-order valence-electron chi connectivity index (χ1n) is 14.3. The molecule has 0 aromatic carbocycles. The molecular formula is C29H52O3Si. The van der Waals surface area contributed by atoms with E-state index >= 15 is 0 Å². The fraction of sp³-hybridized carbons (Fsp3) is 0.966. The third-order valence-electron chi connectivity index (χ3n) is 11.7.